The van der Waals surface area contributed by atoms with Crippen LogP contribution in [0.5, 0.6) is 0 Å². The Hall–Kier alpha value is -8.84. The van der Waals surface area contributed by atoms with Crippen LogP contribution in [0.25, 0.3) is 152 Å². The van der Waals surface area contributed by atoms with Crippen LogP contribution in [-0.4, -0.2) is 0 Å². The first-order valence-electron chi connectivity index (χ1n) is 23.7. The van der Waals surface area contributed by atoms with E-state index in [1.165, 1.54) is 152 Å². The van der Waals surface area contributed by atoms with Crippen LogP contribution in [0.4, 0.5) is 0 Å². The zero-order valence-electron chi connectivity index (χ0n) is 37.1. The summed E-state index contributed by atoms with van der Waals surface area (Å²) in [6.45, 7) is 0. The van der Waals surface area contributed by atoms with E-state index in [0.29, 0.717) is 0 Å². The average molecular weight is 857 g/mol. The lowest BCUT2D eigenvalue weighted by Crippen LogP contribution is -1.93. The SMILES string of the molecule is c1ccc2cc3c(ccc4c(-c5c6ccccc6c(-c6cccc7c6ccc6c(-c8cccc9c8ccc8cc%10ccccc%10cc89)c8ccccc8cc67)c6ccccc56)cccc43)cc2c1. The molecule has 0 fully saturated rings. The summed E-state index contributed by atoms with van der Waals surface area (Å²) in [6.07, 6.45) is 0. The zero-order chi connectivity index (χ0) is 44.5. The molecule has 0 amide bonds. The van der Waals surface area contributed by atoms with E-state index in [2.05, 4.69) is 243 Å². The van der Waals surface area contributed by atoms with E-state index in [1.54, 1.807) is 0 Å². The molecule has 0 aromatic heterocycles. The average Bonchev–Trinajstić information content (AvgIpc) is 3.40. The molecular weight excluding hydrogens is 817 g/mol. The van der Waals surface area contributed by atoms with Crippen LogP contribution in [0, 0.1) is 0 Å². The molecule has 15 aromatic carbocycles. The number of hydrogen-bond donors (Lipinski definition) is 0. The summed E-state index contributed by atoms with van der Waals surface area (Å²) in [4.78, 5) is 0. The molecule has 0 heterocycles. The summed E-state index contributed by atoms with van der Waals surface area (Å²) >= 11 is 0. The van der Waals surface area contributed by atoms with Crippen molar-refractivity contribution in [2.24, 2.45) is 0 Å². The first kappa shape index (κ1) is 37.4. The van der Waals surface area contributed by atoms with Crippen LogP contribution < -0.4 is 0 Å². The van der Waals surface area contributed by atoms with Gasteiger partial charge in [-0.05, 0) is 182 Å². The van der Waals surface area contributed by atoms with E-state index in [-0.39, 0.29) is 0 Å². The van der Waals surface area contributed by atoms with Gasteiger partial charge in [0.1, 0.15) is 0 Å². The first-order valence-corrected chi connectivity index (χ1v) is 23.7. The van der Waals surface area contributed by atoms with Crippen LogP contribution in [-0.2, 0) is 0 Å². The van der Waals surface area contributed by atoms with Crippen LogP contribution in [0.3, 0.4) is 0 Å². The maximum absolute atomic E-state index is 2.43. The third kappa shape index (κ3) is 5.37. The fourth-order valence-corrected chi connectivity index (χ4v) is 12.1. The van der Waals surface area contributed by atoms with Crippen molar-refractivity contribution < 1.29 is 0 Å². The fourth-order valence-electron chi connectivity index (χ4n) is 12.1. The normalized spacial score (nSPS) is 12.1. The molecule has 0 saturated heterocycles. The molecular formula is C68H40. The molecule has 0 N–H and O–H groups in total. The maximum Gasteiger partial charge on any atom is -0.00201 e. The zero-order valence-corrected chi connectivity index (χ0v) is 37.1. The highest BCUT2D eigenvalue weighted by atomic mass is 14.2. The molecule has 312 valence electrons. The summed E-state index contributed by atoms with van der Waals surface area (Å²) < 4.78 is 0. The smallest absolute Gasteiger partial charge is 0.00201 e. The quantitative estimate of drug-likeness (QED) is 0.123. The van der Waals surface area contributed by atoms with Crippen molar-refractivity contribution in [3.05, 3.63) is 243 Å². The lowest BCUT2D eigenvalue weighted by atomic mass is 9.82. The molecule has 0 heteroatoms. The third-order valence-corrected chi connectivity index (χ3v) is 15.1. The van der Waals surface area contributed by atoms with Gasteiger partial charge < -0.3 is 0 Å². The molecule has 15 rings (SSSR count). The minimum Gasteiger partial charge on any atom is -0.0616 e. The Morgan fingerprint density at radius 3 is 0.868 bits per heavy atom. The summed E-state index contributed by atoms with van der Waals surface area (Å²) in [6, 6.07) is 91.2. The lowest BCUT2D eigenvalue weighted by molar-refractivity contribution is 1.69. The number of benzene rings is 15. The summed E-state index contributed by atoms with van der Waals surface area (Å²) in [5.41, 5.74) is 7.61. The van der Waals surface area contributed by atoms with Gasteiger partial charge in [-0.2, -0.15) is 0 Å². The predicted octanol–water partition coefficient (Wildman–Crippen LogP) is 19.4. The van der Waals surface area contributed by atoms with Gasteiger partial charge in [-0.1, -0.05) is 212 Å². The van der Waals surface area contributed by atoms with Crippen molar-refractivity contribution in [2.75, 3.05) is 0 Å². The third-order valence-electron chi connectivity index (χ3n) is 15.1. The van der Waals surface area contributed by atoms with Crippen molar-refractivity contribution in [3.63, 3.8) is 0 Å². The van der Waals surface area contributed by atoms with Crippen molar-refractivity contribution in [1.29, 1.82) is 0 Å². The minimum atomic E-state index is 1.24. The Balaban J connectivity index is 0.981. The van der Waals surface area contributed by atoms with Gasteiger partial charge in [-0.3, -0.25) is 0 Å². The van der Waals surface area contributed by atoms with E-state index < -0.39 is 0 Å². The molecule has 0 saturated carbocycles. The van der Waals surface area contributed by atoms with Gasteiger partial charge in [0.05, 0.1) is 0 Å². The Kier molecular flexibility index (Phi) is 7.88. The molecule has 0 aliphatic carbocycles. The standard InChI is InChI=1S/C68H40/c1-3-16-43-38-63-46(36-41(43)14-1)30-32-52-49(63)24-11-27-55(52)66-48-19-6-5-18-45(48)40-65-51-26-13-29-57(54(51)34-35-62(65)66)68-60-22-9-7-20-58(60)67(59-21-8-10-23-61(59)68)56-28-12-25-50-53(56)33-31-47-37-42-15-2-4-17-44(42)39-64(47)50/h1-40H. The van der Waals surface area contributed by atoms with E-state index in [1.807, 2.05) is 0 Å². The molecule has 68 heavy (non-hydrogen) atoms. The minimum absolute atomic E-state index is 1.24. The Labute approximate surface area is 392 Å². The van der Waals surface area contributed by atoms with Gasteiger partial charge in [-0.25, -0.2) is 0 Å². The Morgan fingerprint density at radius 1 is 0.132 bits per heavy atom. The van der Waals surface area contributed by atoms with Gasteiger partial charge in [0, 0.05) is 0 Å². The molecule has 0 spiro atoms. The monoisotopic (exact) mass is 856 g/mol. The highest BCUT2D eigenvalue weighted by Crippen LogP contribution is 2.49. The van der Waals surface area contributed by atoms with Crippen LogP contribution in [0.15, 0.2) is 243 Å². The second-order valence-corrected chi connectivity index (χ2v) is 18.6. The van der Waals surface area contributed by atoms with Gasteiger partial charge in [0.25, 0.3) is 0 Å². The molecule has 0 bridgehead atoms. The molecule has 0 aliphatic heterocycles. The second kappa shape index (κ2) is 14.3. The Morgan fingerprint density at radius 2 is 0.412 bits per heavy atom. The molecule has 0 nitrogen and oxygen atoms in total. The van der Waals surface area contributed by atoms with Crippen molar-refractivity contribution in [2.45, 2.75) is 0 Å². The van der Waals surface area contributed by atoms with E-state index in [4.69, 9.17) is 0 Å². The number of rotatable bonds is 3. The van der Waals surface area contributed by atoms with Crippen LogP contribution in [0.1, 0.15) is 0 Å². The highest BCUT2D eigenvalue weighted by Gasteiger charge is 2.21. The van der Waals surface area contributed by atoms with E-state index in [9.17, 15) is 0 Å². The molecule has 0 aliphatic rings. The van der Waals surface area contributed by atoms with Gasteiger partial charge >= 0.3 is 0 Å². The van der Waals surface area contributed by atoms with Crippen molar-refractivity contribution in [1.82, 2.24) is 0 Å². The second-order valence-electron chi connectivity index (χ2n) is 18.6. The molecule has 0 radical (unpaired) electrons. The molecule has 0 unspecified atom stereocenters. The maximum atomic E-state index is 2.43. The van der Waals surface area contributed by atoms with E-state index in [0.717, 1.165) is 0 Å². The summed E-state index contributed by atoms with van der Waals surface area (Å²) in [5.74, 6) is 0. The lowest BCUT2D eigenvalue weighted by Gasteiger charge is -2.21. The van der Waals surface area contributed by atoms with E-state index >= 15 is 0 Å². The summed E-state index contributed by atoms with van der Waals surface area (Å²) in [7, 11) is 0. The Bertz CT molecular complexity index is 4610. The largest absolute Gasteiger partial charge is 0.0616 e. The van der Waals surface area contributed by atoms with Gasteiger partial charge in [0.15, 0.2) is 0 Å². The van der Waals surface area contributed by atoms with Gasteiger partial charge in [0.2, 0.25) is 0 Å². The number of hydrogen-bond acceptors (Lipinski definition) is 0. The first-order chi connectivity index (χ1) is 33.7. The highest BCUT2D eigenvalue weighted by molar-refractivity contribution is 6.29. The molecule has 0 atom stereocenters. The van der Waals surface area contributed by atoms with Crippen molar-refractivity contribution in [3.8, 4) is 33.4 Å². The molecule has 15 aromatic rings. The summed E-state index contributed by atoms with van der Waals surface area (Å²) in [5, 5.41) is 27.9. The van der Waals surface area contributed by atoms with Crippen LogP contribution >= 0.6 is 0 Å². The van der Waals surface area contributed by atoms with Gasteiger partial charge in [-0.15, -0.1) is 0 Å². The van der Waals surface area contributed by atoms with Crippen LogP contribution in [0.2, 0.25) is 0 Å². The predicted molar refractivity (Wildman–Crippen MR) is 295 cm³/mol. The van der Waals surface area contributed by atoms with Crippen molar-refractivity contribution >= 4 is 118 Å². The topological polar surface area (TPSA) is 0 Å². The fraction of sp³-hybridized carbons (Fsp3) is 0. The number of fused-ring (bicyclic) bond motifs is 14.